The topological polar surface area (TPSA) is 148 Å². The quantitative estimate of drug-likeness (QED) is 0.301. The molecule has 1 aliphatic heterocycles. The summed E-state index contributed by atoms with van der Waals surface area (Å²) in [6, 6.07) is 17.6. The van der Waals surface area contributed by atoms with Gasteiger partial charge in [0, 0.05) is 24.9 Å². The SMILES string of the molecule is CS(=O)(=O)c1ccccc1C(=O)N1CCC(c2ccc(C(=O)N/C(N)=N\C(=O)OCc3ccccc3)cc2C(F)(F)F)CC1. The van der Waals surface area contributed by atoms with Crippen molar-refractivity contribution in [1.82, 2.24) is 10.2 Å². The molecule has 1 aliphatic rings. The number of nitrogens with one attached hydrogen (secondary N) is 1. The summed E-state index contributed by atoms with van der Waals surface area (Å²) in [5.41, 5.74) is 4.87. The molecule has 0 bridgehead atoms. The van der Waals surface area contributed by atoms with E-state index >= 15 is 0 Å². The maximum absolute atomic E-state index is 14.1. The summed E-state index contributed by atoms with van der Waals surface area (Å²) in [5.74, 6) is -2.76. The molecule has 0 aliphatic carbocycles. The Hall–Kier alpha value is -4.72. The largest absolute Gasteiger partial charge is 0.443 e. The van der Waals surface area contributed by atoms with Crippen molar-refractivity contribution in [3.05, 3.63) is 101 Å². The summed E-state index contributed by atoms with van der Waals surface area (Å²) in [6.45, 7) is 0.116. The number of piperidine rings is 1. The summed E-state index contributed by atoms with van der Waals surface area (Å²) < 4.78 is 71.6. The predicted molar refractivity (Wildman–Crippen MR) is 155 cm³/mol. The molecule has 0 atom stereocenters. The zero-order chi connectivity index (χ0) is 32.1. The number of guanidine groups is 1. The third kappa shape index (κ3) is 8.01. The van der Waals surface area contributed by atoms with Gasteiger partial charge in [-0.15, -0.1) is 4.99 Å². The van der Waals surface area contributed by atoms with Crippen LogP contribution in [-0.2, 0) is 27.4 Å². The number of hydrogen-bond acceptors (Lipinski definition) is 6. The molecule has 14 heteroatoms. The molecule has 0 radical (unpaired) electrons. The van der Waals surface area contributed by atoms with E-state index < -0.39 is 51.4 Å². The second-order valence-electron chi connectivity index (χ2n) is 10.1. The normalized spacial score (nSPS) is 14.6. The number of carbonyl (C=O) groups excluding carboxylic acids is 3. The van der Waals surface area contributed by atoms with Gasteiger partial charge in [0.05, 0.1) is 16.0 Å². The Kier molecular flexibility index (Phi) is 9.72. The van der Waals surface area contributed by atoms with Crippen LogP contribution in [-0.4, -0.2) is 56.5 Å². The Morgan fingerprint density at radius 3 is 2.27 bits per heavy atom. The van der Waals surface area contributed by atoms with E-state index in [4.69, 9.17) is 10.5 Å². The Morgan fingerprint density at radius 2 is 1.64 bits per heavy atom. The Bertz CT molecular complexity index is 1690. The fourth-order valence-electron chi connectivity index (χ4n) is 4.90. The minimum Gasteiger partial charge on any atom is -0.443 e. The average molecular weight is 631 g/mol. The molecular weight excluding hydrogens is 601 g/mol. The van der Waals surface area contributed by atoms with Crippen LogP contribution in [0.25, 0.3) is 0 Å². The van der Waals surface area contributed by atoms with Gasteiger partial charge in [-0.2, -0.15) is 13.2 Å². The van der Waals surface area contributed by atoms with Crippen LogP contribution in [0.15, 0.2) is 82.7 Å². The van der Waals surface area contributed by atoms with Crippen molar-refractivity contribution in [1.29, 1.82) is 0 Å². The molecule has 3 amide bonds. The van der Waals surface area contributed by atoms with Gasteiger partial charge in [-0.3, -0.25) is 14.9 Å². The number of nitrogens with two attached hydrogens (primary N) is 1. The first-order valence-electron chi connectivity index (χ1n) is 13.4. The van der Waals surface area contributed by atoms with Crippen LogP contribution in [0.5, 0.6) is 0 Å². The number of halogens is 3. The Labute approximate surface area is 251 Å². The average Bonchev–Trinajstić information content (AvgIpc) is 2.99. The van der Waals surface area contributed by atoms with Gasteiger partial charge in [-0.1, -0.05) is 48.5 Å². The van der Waals surface area contributed by atoms with Gasteiger partial charge >= 0.3 is 12.3 Å². The fourth-order valence-corrected chi connectivity index (χ4v) is 5.78. The number of hydrogen-bond donors (Lipinski definition) is 2. The van der Waals surface area contributed by atoms with E-state index in [0.29, 0.717) is 11.6 Å². The molecule has 4 rings (SSSR count). The molecule has 44 heavy (non-hydrogen) atoms. The van der Waals surface area contributed by atoms with Gasteiger partial charge in [0.1, 0.15) is 6.61 Å². The zero-order valence-corrected chi connectivity index (χ0v) is 24.3. The second-order valence-corrected chi connectivity index (χ2v) is 12.1. The molecule has 3 aromatic carbocycles. The van der Waals surface area contributed by atoms with E-state index in [9.17, 15) is 36.0 Å². The van der Waals surface area contributed by atoms with Crippen LogP contribution >= 0.6 is 0 Å². The van der Waals surface area contributed by atoms with Crippen molar-refractivity contribution < 1.29 is 40.7 Å². The highest BCUT2D eigenvalue weighted by Gasteiger charge is 2.37. The first kappa shape index (κ1) is 32.2. The van der Waals surface area contributed by atoms with Crippen LogP contribution in [0.4, 0.5) is 18.0 Å². The van der Waals surface area contributed by atoms with Crippen LogP contribution in [0, 0.1) is 0 Å². The number of benzene rings is 3. The van der Waals surface area contributed by atoms with E-state index in [-0.39, 0.29) is 54.1 Å². The maximum atomic E-state index is 14.1. The number of carbonyl (C=O) groups is 3. The van der Waals surface area contributed by atoms with Gasteiger partial charge < -0.3 is 15.4 Å². The van der Waals surface area contributed by atoms with Crippen molar-refractivity contribution in [2.75, 3.05) is 19.3 Å². The highest BCUT2D eigenvalue weighted by molar-refractivity contribution is 7.90. The molecular formula is C30H29F3N4O6S. The lowest BCUT2D eigenvalue weighted by atomic mass is 9.85. The van der Waals surface area contributed by atoms with Gasteiger partial charge in [0.2, 0.25) is 5.96 Å². The van der Waals surface area contributed by atoms with Crippen LogP contribution < -0.4 is 11.1 Å². The lowest BCUT2D eigenvalue weighted by molar-refractivity contribution is -0.138. The highest BCUT2D eigenvalue weighted by atomic mass is 32.2. The number of ether oxygens (including phenoxy) is 1. The minimum atomic E-state index is -4.80. The lowest BCUT2D eigenvalue weighted by Crippen LogP contribution is -2.39. The first-order chi connectivity index (χ1) is 20.7. The van der Waals surface area contributed by atoms with E-state index in [1.165, 1.54) is 35.2 Å². The van der Waals surface area contributed by atoms with Crippen molar-refractivity contribution >= 4 is 33.7 Å². The molecule has 1 fully saturated rings. The summed E-state index contributed by atoms with van der Waals surface area (Å²) >= 11 is 0. The molecule has 3 aromatic rings. The molecule has 3 N–H and O–H groups in total. The number of aliphatic imine (C=N–C) groups is 1. The van der Waals surface area contributed by atoms with Gasteiger partial charge in [-0.25, -0.2) is 13.2 Å². The molecule has 0 spiro atoms. The number of alkyl halides is 3. The highest BCUT2D eigenvalue weighted by Crippen LogP contribution is 2.39. The summed E-state index contributed by atoms with van der Waals surface area (Å²) in [4.78, 5) is 42.4. The molecule has 10 nitrogen and oxygen atoms in total. The van der Waals surface area contributed by atoms with Crippen LogP contribution in [0.3, 0.4) is 0 Å². The second kappa shape index (κ2) is 13.3. The molecule has 0 aromatic heterocycles. The summed E-state index contributed by atoms with van der Waals surface area (Å²) in [7, 11) is -3.67. The van der Waals surface area contributed by atoms with E-state index in [2.05, 4.69) is 10.3 Å². The summed E-state index contributed by atoms with van der Waals surface area (Å²) in [5, 5.41) is 2.09. The van der Waals surface area contributed by atoms with Crippen molar-refractivity contribution in [2.45, 2.75) is 36.4 Å². The third-order valence-electron chi connectivity index (χ3n) is 7.02. The Morgan fingerprint density at radius 1 is 1.00 bits per heavy atom. The molecule has 0 unspecified atom stereocenters. The molecule has 1 saturated heterocycles. The van der Waals surface area contributed by atoms with Crippen molar-refractivity contribution in [3.8, 4) is 0 Å². The number of nitrogens with zero attached hydrogens (tertiary/aromatic N) is 2. The molecule has 232 valence electrons. The Balaban J connectivity index is 1.43. The standard InChI is InChI=1S/C30H29F3N4O6S/c1-44(41,42)25-10-6-5-9-23(25)27(39)37-15-13-20(14-16-37)22-12-11-21(17-24(22)30(31,32)33)26(38)35-28(34)36-29(40)43-18-19-7-3-2-4-8-19/h2-12,17,20H,13-16,18H2,1H3,(H3,34,35,36,38,40). The predicted octanol–water partition coefficient (Wildman–Crippen LogP) is 4.51. The number of rotatable bonds is 6. The van der Waals surface area contributed by atoms with E-state index in [0.717, 1.165) is 6.26 Å². The van der Waals surface area contributed by atoms with E-state index in [1.54, 1.807) is 36.4 Å². The maximum Gasteiger partial charge on any atom is 0.437 e. The van der Waals surface area contributed by atoms with Gasteiger partial charge in [0.25, 0.3) is 11.8 Å². The number of sulfone groups is 1. The zero-order valence-electron chi connectivity index (χ0n) is 23.5. The minimum absolute atomic E-state index is 0.00654. The van der Waals surface area contributed by atoms with Gasteiger partial charge in [0.15, 0.2) is 9.84 Å². The fraction of sp³-hybridized carbons (Fsp3) is 0.267. The third-order valence-corrected chi connectivity index (χ3v) is 8.17. The monoisotopic (exact) mass is 630 g/mol. The van der Waals surface area contributed by atoms with Gasteiger partial charge in [-0.05, 0) is 54.2 Å². The van der Waals surface area contributed by atoms with Crippen LogP contribution in [0.2, 0.25) is 0 Å². The molecule has 1 heterocycles. The number of likely N-dealkylation sites (tertiary alicyclic amines) is 1. The molecule has 0 saturated carbocycles. The lowest BCUT2D eigenvalue weighted by Gasteiger charge is -2.33. The van der Waals surface area contributed by atoms with Crippen molar-refractivity contribution in [3.63, 3.8) is 0 Å². The van der Waals surface area contributed by atoms with E-state index in [1.807, 2.05) is 0 Å². The van der Waals surface area contributed by atoms with Crippen molar-refractivity contribution in [2.24, 2.45) is 10.7 Å². The van der Waals surface area contributed by atoms with Crippen LogP contribution in [0.1, 0.15) is 56.2 Å². The first-order valence-corrected chi connectivity index (χ1v) is 15.3. The number of amides is 3. The summed E-state index contributed by atoms with van der Waals surface area (Å²) in [6.07, 6.45) is -4.52. The smallest absolute Gasteiger partial charge is 0.437 e.